The highest BCUT2D eigenvalue weighted by atomic mass is 16.7. The molecule has 104 heavy (non-hydrogen) atoms. The number of esters is 1. The largest absolute Gasteiger partial charge is 0.463 e. The third kappa shape index (κ3) is 41.4. The maximum absolute atomic E-state index is 13.4. The zero-order valence-corrected chi connectivity index (χ0v) is 60.7. The number of nitrogens with zero attached hydrogens (tertiary/aromatic N) is 3. The van der Waals surface area contributed by atoms with Crippen molar-refractivity contribution in [3.05, 3.63) is 50.1 Å². The molecular formula is C66H113N9O29. The van der Waals surface area contributed by atoms with Gasteiger partial charge in [0.25, 0.3) is 11.4 Å². The van der Waals surface area contributed by atoms with Crippen LogP contribution in [0.25, 0.3) is 0 Å². The van der Waals surface area contributed by atoms with Gasteiger partial charge in [0, 0.05) is 77.1 Å². The summed E-state index contributed by atoms with van der Waals surface area (Å²) in [6.07, 6.45) is -3.08. The Balaban J connectivity index is 1.27. The van der Waals surface area contributed by atoms with Gasteiger partial charge in [-0.1, -0.05) is 13.8 Å². The number of anilines is 1. The summed E-state index contributed by atoms with van der Waals surface area (Å²) in [5, 5.41) is 68.7. The number of hydrogen-bond acceptors (Lipinski definition) is 30. The number of nitro groups is 2. The zero-order valence-electron chi connectivity index (χ0n) is 60.7. The van der Waals surface area contributed by atoms with Crippen LogP contribution in [0.3, 0.4) is 0 Å². The second kappa shape index (κ2) is 57.7. The number of ether oxygens (including phenoxy) is 16. The lowest BCUT2D eigenvalue weighted by atomic mass is 9.87. The van der Waals surface area contributed by atoms with Gasteiger partial charge in [-0.3, -0.25) is 39.4 Å². The van der Waals surface area contributed by atoms with E-state index < -0.39 is 82.1 Å². The lowest BCUT2D eigenvalue weighted by Gasteiger charge is -2.38. The smallest absolute Gasteiger partial charge is 0.333 e. The maximum Gasteiger partial charge on any atom is 0.333 e. The van der Waals surface area contributed by atoms with Crippen LogP contribution in [-0.4, -0.2) is 332 Å². The molecule has 38 nitrogen and oxygen atoms in total. The van der Waals surface area contributed by atoms with Gasteiger partial charge < -0.3 is 128 Å². The summed E-state index contributed by atoms with van der Waals surface area (Å²) < 4.78 is 89.3. The van der Waals surface area contributed by atoms with Crippen LogP contribution < -0.4 is 31.9 Å². The van der Waals surface area contributed by atoms with E-state index in [2.05, 4.69) is 31.9 Å². The molecule has 1 saturated heterocycles. The normalized spacial score (nSPS) is 18.7. The first-order chi connectivity index (χ1) is 50.3. The molecule has 9 N–H and O–H groups in total. The number of aliphatic hydroxyl groups excluding tert-OH is 3. The van der Waals surface area contributed by atoms with Crippen LogP contribution in [0.15, 0.2) is 29.8 Å². The number of non-ortho nitro benzene ring substituents is 1. The van der Waals surface area contributed by atoms with Gasteiger partial charge in [0.15, 0.2) is 6.29 Å². The Morgan fingerprint density at radius 1 is 0.567 bits per heavy atom. The van der Waals surface area contributed by atoms with E-state index in [1.54, 1.807) is 24.8 Å². The van der Waals surface area contributed by atoms with Crippen molar-refractivity contribution in [1.29, 1.82) is 0 Å². The number of urea groups is 1. The van der Waals surface area contributed by atoms with E-state index in [4.69, 9.17) is 75.8 Å². The molecule has 0 aromatic heterocycles. The molecule has 0 bridgehead atoms. The van der Waals surface area contributed by atoms with Gasteiger partial charge in [-0.2, -0.15) is 0 Å². The fourth-order valence-corrected chi connectivity index (χ4v) is 9.86. The van der Waals surface area contributed by atoms with E-state index in [0.717, 1.165) is 12.1 Å². The summed E-state index contributed by atoms with van der Waals surface area (Å²) in [6, 6.07) is 1.40. The molecular weight excluding hydrogens is 1380 g/mol. The quantitative estimate of drug-likeness (QED) is 0.0177. The number of amides is 6. The van der Waals surface area contributed by atoms with Crippen LogP contribution in [0.4, 0.5) is 21.9 Å². The monoisotopic (exact) mass is 1500 g/mol. The molecule has 596 valence electrons. The van der Waals surface area contributed by atoms with Gasteiger partial charge in [0.1, 0.15) is 24.0 Å². The Labute approximate surface area is 606 Å². The number of carbonyl (C=O) groups excluding carboxylic acids is 6. The molecule has 1 aromatic carbocycles. The summed E-state index contributed by atoms with van der Waals surface area (Å²) >= 11 is 0. The summed E-state index contributed by atoms with van der Waals surface area (Å²) in [6.45, 7) is 15.7. The van der Waals surface area contributed by atoms with Crippen molar-refractivity contribution < 1.29 is 130 Å². The van der Waals surface area contributed by atoms with Crippen LogP contribution in [0.2, 0.25) is 0 Å². The standard InChI is InChI=1S/C66H113N9O29/c1-6-52(7-2)104-56-46-50(64(83)101-8-3)45-54(60(56)71-49(5)76)72-66(84)70-17-26-94-31-29-91-22-13-59(79)73(19-28-96-35-40-98-37-32-92-24-15-68-57(77)11-20-89-23-14-67-53-10-9-51(74(85)86)47-55(53)75(87)88)18-27-95-34-39-97-36-30-90-21-12-58(78)69-16-25-93-33-38-99-41-42-100-43-44-102-65-63(82)62(81)61(80)48(4)103-65/h9-10,46-48,52,54,56,60-63,65,67,80-82H,6-8,11-45H2,1-5H3,(H,68,77)(H,69,78)(H,71,76)(H2,70,72,84)/t48-,54-,56+,60+,61-,62+,63+,65+/m0/s1. The highest BCUT2D eigenvalue weighted by Crippen LogP contribution is 2.29. The van der Waals surface area contributed by atoms with E-state index in [9.17, 15) is 64.3 Å². The summed E-state index contributed by atoms with van der Waals surface area (Å²) in [5.41, 5.74) is -0.400. The highest BCUT2D eigenvalue weighted by molar-refractivity contribution is 5.89. The van der Waals surface area contributed by atoms with Crippen LogP contribution >= 0.6 is 0 Å². The second-order valence-electron chi connectivity index (χ2n) is 23.3. The first-order valence-electron chi connectivity index (χ1n) is 35.4. The number of hydrogen-bond donors (Lipinski definition) is 9. The minimum Gasteiger partial charge on any atom is -0.463 e. The lowest BCUT2D eigenvalue weighted by Crippen LogP contribution is -2.60. The van der Waals surface area contributed by atoms with Crippen molar-refractivity contribution in [2.24, 2.45) is 0 Å². The third-order valence-electron chi connectivity index (χ3n) is 15.4. The van der Waals surface area contributed by atoms with Crippen LogP contribution in [0.1, 0.15) is 73.1 Å². The number of rotatable bonds is 63. The molecule has 1 aliphatic carbocycles. The van der Waals surface area contributed by atoms with Crippen molar-refractivity contribution in [2.75, 3.05) is 216 Å². The third-order valence-corrected chi connectivity index (χ3v) is 15.4. The first kappa shape index (κ1) is 91.7. The second-order valence-corrected chi connectivity index (χ2v) is 23.3. The average Bonchev–Trinajstić information content (AvgIpc) is 0.813. The SMILES string of the molecule is CCOC(=O)C1=C[C@@H](OC(CC)CC)[C@H](NC(C)=O)[C@@H](NC(=O)NCCOCCOCCC(=O)N(CCOCCOCCOCCNC(=O)CCOCCNc2ccc([N+](=O)[O-])cc2[N+](=O)[O-])CCOCCOCCOCCC(=O)NCCOCCOCCOCCO[C@@H]2O[C@@H](C)[C@H](O)[C@@H](O)[C@H]2O)C1. The van der Waals surface area contributed by atoms with Crippen LogP contribution in [0, 0.1) is 20.2 Å². The lowest BCUT2D eigenvalue weighted by molar-refractivity contribution is -0.393. The van der Waals surface area contributed by atoms with E-state index in [-0.39, 0.29) is 233 Å². The van der Waals surface area contributed by atoms with Crippen molar-refractivity contribution in [3.63, 3.8) is 0 Å². The highest BCUT2D eigenvalue weighted by Gasteiger charge is 2.43. The van der Waals surface area contributed by atoms with Crippen molar-refractivity contribution in [1.82, 2.24) is 31.5 Å². The van der Waals surface area contributed by atoms with E-state index in [0.29, 0.717) is 58.0 Å². The summed E-state index contributed by atoms with van der Waals surface area (Å²) in [5.74, 6) is -1.50. The number of carbonyl (C=O) groups is 6. The van der Waals surface area contributed by atoms with Gasteiger partial charge >= 0.3 is 12.0 Å². The van der Waals surface area contributed by atoms with E-state index in [1.165, 1.54) is 13.0 Å². The fraction of sp³-hybridized carbons (Fsp3) is 0.788. The fourth-order valence-electron chi connectivity index (χ4n) is 9.86. The first-order valence-corrected chi connectivity index (χ1v) is 35.4. The van der Waals surface area contributed by atoms with Crippen LogP contribution in [0.5, 0.6) is 0 Å². The van der Waals surface area contributed by atoms with E-state index in [1.807, 2.05) is 13.8 Å². The molecule has 38 heteroatoms. The van der Waals surface area contributed by atoms with E-state index >= 15 is 0 Å². The Morgan fingerprint density at radius 3 is 1.52 bits per heavy atom. The molecule has 0 saturated carbocycles. The summed E-state index contributed by atoms with van der Waals surface area (Å²) in [7, 11) is 0. The molecule has 2 aliphatic rings. The van der Waals surface area contributed by atoms with Crippen LogP contribution in [-0.2, 0) is 99.8 Å². The number of nitro benzene ring substituents is 2. The topological polar surface area (TPSA) is 472 Å². The Kier molecular flexibility index (Phi) is 50.8. The molecule has 3 rings (SSSR count). The van der Waals surface area contributed by atoms with Crippen molar-refractivity contribution in [2.45, 2.75) is 128 Å². The summed E-state index contributed by atoms with van der Waals surface area (Å²) in [4.78, 5) is 98.5. The predicted molar refractivity (Wildman–Crippen MR) is 369 cm³/mol. The zero-order chi connectivity index (χ0) is 76.0. The Bertz CT molecular complexity index is 2600. The average molecular weight is 1500 g/mol. The van der Waals surface area contributed by atoms with Gasteiger partial charge in [-0.25, -0.2) is 9.59 Å². The van der Waals surface area contributed by atoms with Gasteiger partial charge in [-0.05, 0) is 38.8 Å². The number of nitrogens with one attached hydrogen (secondary N) is 6. The molecule has 0 spiro atoms. The predicted octanol–water partition coefficient (Wildman–Crippen LogP) is -0.171. The van der Waals surface area contributed by atoms with Gasteiger partial charge in [0.05, 0.1) is 225 Å². The number of benzene rings is 1. The maximum atomic E-state index is 13.4. The molecule has 1 fully saturated rings. The Hall–Kier alpha value is -6.54. The molecule has 0 radical (unpaired) electrons. The molecule has 6 amide bonds. The minimum atomic E-state index is -1.38. The minimum absolute atomic E-state index is 0.0622. The number of aliphatic hydroxyl groups is 3. The molecule has 1 heterocycles. The Morgan fingerprint density at radius 2 is 1.03 bits per heavy atom. The van der Waals surface area contributed by atoms with Gasteiger partial charge in [-0.15, -0.1) is 0 Å². The molecule has 0 unspecified atom stereocenters. The van der Waals surface area contributed by atoms with Crippen molar-refractivity contribution >= 4 is 52.7 Å². The molecule has 1 aromatic rings. The van der Waals surface area contributed by atoms with Crippen molar-refractivity contribution in [3.8, 4) is 0 Å². The van der Waals surface area contributed by atoms with Gasteiger partial charge in [0.2, 0.25) is 23.6 Å². The molecule has 1 aliphatic heterocycles. The molecule has 8 atom stereocenters.